The van der Waals surface area contributed by atoms with Gasteiger partial charge in [-0.05, 0) is 48.9 Å². The van der Waals surface area contributed by atoms with E-state index in [0.717, 1.165) is 0 Å². The molecule has 2 aromatic carbocycles. The number of halogens is 3. The van der Waals surface area contributed by atoms with Gasteiger partial charge in [-0.1, -0.05) is 34.8 Å². The number of ether oxygens (including phenoxy) is 1. The highest BCUT2D eigenvalue weighted by atomic mass is 35.5. The molecule has 0 heterocycles. The van der Waals surface area contributed by atoms with E-state index in [0.29, 0.717) is 38.6 Å². The van der Waals surface area contributed by atoms with Crippen molar-refractivity contribution in [1.29, 1.82) is 0 Å². The van der Waals surface area contributed by atoms with Gasteiger partial charge in [-0.3, -0.25) is 4.79 Å². The Balaban J connectivity index is 2.05. The van der Waals surface area contributed by atoms with Gasteiger partial charge in [0.1, 0.15) is 0 Å². The number of hydrazone groups is 1. The fourth-order valence-corrected chi connectivity index (χ4v) is 2.51. The maximum Gasteiger partial charge on any atom is 0.271 e. The molecular weight excluding hydrogens is 359 g/mol. The van der Waals surface area contributed by atoms with Crippen LogP contribution in [0.5, 0.6) is 5.75 Å². The SMILES string of the molecule is CCOc1c(Cl)cc(/C=N\NC(=O)c2ccc(Cl)cc2)cc1Cl. The molecule has 0 unspecified atom stereocenters. The number of hydrogen-bond acceptors (Lipinski definition) is 3. The highest BCUT2D eigenvalue weighted by Gasteiger charge is 2.08. The van der Waals surface area contributed by atoms with Gasteiger partial charge < -0.3 is 4.74 Å². The van der Waals surface area contributed by atoms with Crippen LogP contribution >= 0.6 is 34.8 Å². The van der Waals surface area contributed by atoms with Crippen LogP contribution in [0.4, 0.5) is 0 Å². The lowest BCUT2D eigenvalue weighted by Crippen LogP contribution is -2.17. The van der Waals surface area contributed by atoms with Crippen LogP contribution in [0.1, 0.15) is 22.8 Å². The summed E-state index contributed by atoms with van der Waals surface area (Å²) >= 11 is 18.0. The zero-order chi connectivity index (χ0) is 16.8. The Morgan fingerprint density at radius 3 is 2.35 bits per heavy atom. The number of rotatable bonds is 5. The van der Waals surface area contributed by atoms with E-state index in [9.17, 15) is 4.79 Å². The molecule has 0 saturated heterocycles. The van der Waals surface area contributed by atoms with Crippen LogP contribution < -0.4 is 10.2 Å². The van der Waals surface area contributed by atoms with Crippen molar-refractivity contribution in [2.24, 2.45) is 5.10 Å². The zero-order valence-corrected chi connectivity index (χ0v) is 14.4. The summed E-state index contributed by atoms with van der Waals surface area (Å²) < 4.78 is 5.34. The summed E-state index contributed by atoms with van der Waals surface area (Å²) in [6, 6.07) is 9.78. The van der Waals surface area contributed by atoms with E-state index in [2.05, 4.69) is 10.5 Å². The summed E-state index contributed by atoms with van der Waals surface area (Å²) in [5, 5.41) is 5.20. The van der Waals surface area contributed by atoms with E-state index in [1.807, 2.05) is 6.92 Å². The van der Waals surface area contributed by atoms with Crippen LogP contribution in [0.2, 0.25) is 15.1 Å². The second kappa shape index (κ2) is 8.20. The van der Waals surface area contributed by atoms with E-state index in [-0.39, 0.29) is 5.91 Å². The average Bonchev–Trinajstić information content (AvgIpc) is 2.51. The number of nitrogens with zero attached hydrogens (tertiary/aromatic N) is 1. The fourth-order valence-electron chi connectivity index (χ4n) is 1.77. The number of benzene rings is 2. The topological polar surface area (TPSA) is 50.7 Å². The Labute approximate surface area is 149 Å². The third kappa shape index (κ3) is 4.86. The molecule has 1 amide bonds. The number of hydrogen-bond donors (Lipinski definition) is 1. The largest absolute Gasteiger partial charge is 0.491 e. The minimum atomic E-state index is -0.346. The molecule has 120 valence electrons. The molecule has 0 fully saturated rings. The summed E-state index contributed by atoms with van der Waals surface area (Å²) in [6.07, 6.45) is 1.45. The lowest BCUT2D eigenvalue weighted by molar-refractivity contribution is 0.0955. The lowest BCUT2D eigenvalue weighted by atomic mass is 10.2. The second-order valence-corrected chi connectivity index (χ2v) is 5.70. The number of carbonyl (C=O) groups is 1. The van der Waals surface area contributed by atoms with Crippen molar-refractivity contribution >= 4 is 46.9 Å². The molecule has 2 aromatic rings. The molecule has 0 bridgehead atoms. The van der Waals surface area contributed by atoms with Crippen LogP contribution in [-0.2, 0) is 0 Å². The summed E-state index contributed by atoms with van der Waals surface area (Å²) in [6.45, 7) is 2.30. The summed E-state index contributed by atoms with van der Waals surface area (Å²) in [4.78, 5) is 11.9. The van der Waals surface area contributed by atoms with Gasteiger partial charge in [-0.25, -0.2) is 5.43 Å². The van der Waals surface area contributed by atoms with Gasteiger partial charge in [0, 0.05) is 10.6 Å². The fraction of sp³-hybridized carbons (Fsp3) is 0.125. The monoisotopic (exact) mass is 370 g/mol. The minimum Gasteiger partial charge on any atom is -0.491 e. The van der Waals surface area contributed by atoms with Gasteiger partial charge in [0.2, 0.25) is 0 Å². The first kappa shape index (κ1) is 17.6. The van der Waals surface area contributed by atoms with Crippen molar-refractivity contribution in [3.8, 4) is 5.75 Å². The molecule has 23 heavy (non-hydrogen) atoms. The highest BCUT2D eigenvalue weighted by Crippen LogP contribution is 2.33. The Morgan fingerprint density at radius 2 is 1.78 bits per heavy atom. The molecule has 0 atom stereocenters. The van der Waals surface area contributed by atoms with Crippen LogP contribution in [0.3, 0.4) is 0 Å². The van der Waals surface area contributed by atoms with Crippen molar-refractivity contribution in [2.75, 3.05) is 6.61 Å². The molecule has 0 aliphatic carbocycles. The van der Waals surface area contributed by atoms with Crippen LogP contribution in [0.25, 0.3) is 0 Å². The minimum absolute atomic E-state index is 0.346. The number of nitrogens with one attached hydrogen (secondary N) is 1. The molecule has 7 heteroatoms. The first-order chi connectivity index (χ1) is 11.0. The third-order valence-corrected chi connectivity index (χ3v) is 3.61. The smallest absolute Gasteiger partial charge is 0.271 e. The molecule has 0 radical (unpaired) electrons. The van der Waals surface area contributed by atoms with Gasteiger partial charge in [0.25, 0.3) is 5.91 Å². The zero-order valence-electron chi connectivity index (χ0n) is 12.1. The summed E-state index contributed by atoms with van der Waals surface area (Å²) in [5.74, 6) is 0.0826. The number of carbonyl (C=O) groups excluding carboxylic acids is 1. The maximum atomic E-state index is 11.9. The Kier molecular flexibility index (Phi) is 6.28. The normalized spacial score (nSPS) is 10.8. The van der Waals surface area contributed by atoms with Crippen molar-refractivity contribution in [3.05, 3.63) is 62.6 Å². The molecule has 0 saturated carbocycles. The van der Waals surface area contributed by atoms with Crippen molar-refractivity contribution in [3.63, 3.8) is 0 Å². The highest BCUT2D eigenvalue weighted by molar-refractivity contribution is 6.37. The first-order valence-corrected chi connectivity index (χ1v) is 7.85. The molecule has 0 aliphatic rings. The molecule has 2 rings (SSSR count). The second-order valence-electron chi connectivity index (χ2n) is 4.45. The predicted octanol–water partition coefficient (Wildman–Crippen LogP) is 4.81. The van der Waals surface area contributed by atoms with E-state index >= 15 is 0 Å². The molecular formula is C16H13Cl3N2O2. The van der Waals surface area contributed by atoms with Gasteiger partial charge in [0.05, 0.1) is 22.9 Å². The van der Waals surface area contributed by atoms with Crippen molar-refractivity contribution in [2.45, 2.75) is 6.92 Å². The molecule has 4 nitrogen and oxygen atoms in total. The van der Waals surface area contributed by atoms with Crippen LogP contribution in [-0.4, -0.2) is 18.7 Å². The molecule has 1 N–H and O–H groups in total. The van der Waals surface area contributed by atoms with Gasteiger partial charge in [-0.15, -0.1) is 0 Å². The van der Waals surface area contributed by atoms with Crippen molar-refractivity contribution in [1.82, 2.24) is 5.43 Å². The molecule has 0 aromatic heterocycles. The summed E-state index contributed by atoms with van der Waals surface area (Å²) in [5.41, 5.74) is 3.51. The lowest BCUT2D eigenvalue weighted by Gasteiger charge is -2.08. The van der Waals surface area contributed by atoms with Gasteiger partial charge >= 0.3 is 0 Å². The first-order valence-electron chi connectivity index (χ1n) is 6.72. The average molecular weight is 372 g/mol. The molecule has 0 aliphatic heterocycles. The van der Waals surface area contributed by atoms with E-state index < -0.39 is 0 Å². The van der Waals surface area contributed by atoms with E-state index in [1.165, 1.54) is 6.21 Å². The Morgan fingerprint density at radius 1 is 1.17 bits per heavy atom. The van der Waals surface area contributed by atoms with Crippen molar-refractivity contribution < 1.29 is 9.53 Å². The van der Waals surface area contributed by atoms with Gasteiger partial charge in [-0.2, -0.15) is 5.10 Å². The number of amides is 1. The third-order valence-electron chi connectivity index (χ3n) is 2.80. The summed E-state index contributed by atoms with van der Waals surface area (Å²) in [7, 11) is 0. The Hall–Kier alpha value is -1.75. The standard InChI is InChI=1S/C16H13Cl3N2O2/c1-2-23-15-13(18)7-10(8-14(15)19)9-20-21-16(22)11-3-5-12(17)6-4-11/h3-9H,2H2,1H3,(H,21,22)/b20-9-. The van der Waals surface area contributed by atoms with E-state index in [4.69, 9.17) is 39.5 Å². The van der Waals surface area contributed by atoms with Crippen LogP contribution in [0.15, 0.2) is 41.5 Å². The molecule has 0 spiro atoms. The van der Waals surface area contributed by atoms with Crippen LogP contribution in [0, 0.1) is 0 Å². The quantitative estimate of drug-likeness (QED) is 0.606. The Bertz CT molecular complexity index is 708. The maximum absolute atomic E-state index is 11.9. The van der Waals surface area contributed by atoms with E-state index in [1.54, 1.807) is 36.4 Å². The predicted molar refractivity (Wildman–Crippen MR) is 94.1 cm³/mol. The van der Waals surface area contributed by atoms with Gasteiger partial charge in [0.15, 0.2) is 5.75 Å².